The third kappa shape index (κ3) is 5.78. The highest BCUT2D eigenvalue weighted by Crippen LogP contribution is 2.36. The summed E-state index contributed by atoms with van der Waals surface area (Å²) in [6, 6.07) is 15.5. The number of rotatable bonds is 2. The maximum absolute atomic E-state index is 13.9. The average Bonchev–Trinajstić information content (AvgIpc) is 3.13. The van der Waals surface area contributed by atoms with E-state index in [-0.39, 0.29) is 30.9 Å². The van der Waals surface area contributed by atoms with E-state index < -0.39 is 5.92 Å². The van der Waals surface area contributed by atoms with E-state index in [0.29, 0.717) is 56.4 Å². The summed E-state index contributed by atoms with van der Waals surface area (Å²) in [4.78, 5) is 28.1. The molecule has 0 spiro atoms. The topological polar surface area (TPSA) is 70.6 Å². The van der Waals surface area contributed by atoms with Crippen LogP contribution in [0.3, 0.4) is 0 Å². The number of hydrogen-bond acceptors (Lipinski definition) is 7. The van der Waals surface area contributed by atoms with Gasteiger partial charge in [0.15, 0.2) is 0 Å². The van der Waals surface area contributed by atoms with Crippen molar-refractivity contribution < 1.29 is 18.3 Å². The van der Waals surface area contributed by atoms with Gasteiger partial charge in [0.1, 0.15) is 6.10 Å². The Hall–Kier alpha value is -3.24. The molecule has 1 N–H and O–H groups in total. The minimum absolute atomic E-state index is 0.0344. The molecule has 1 aliphatic carbocycles. The van der Waals surface area contributed by atoms with Gasteiger partial charge in [0.25, 0.3) is 5.91 Å². The summed E-state index contributed by atoms with van der Waals surface area (Å²) in [6.45, 7) is 6.13. The van der Waals surface area contributed by atoms with Crippen LogP contribution in [0.1, 0.15) is 47.2 Å². The molecule has 40 heavy (non-hydrogen) atoms. The van der Waals surface area contributed by atoms with Gasteiger partial charge in [-0.1, -0.05) is 24.3 Å². The van der Waals surface area contributed by atoms with E-state index in [4.69, 9.17) is 9.72 Å². The second kappa shape index (κ2) is 11.0. The number of anilines is 1. The van der Waals surface area contributed by atoms with E-state index in [1.807, 2.05) is 41.3 Å². The Morgan fingerprint density at radius 1 is 1.00 bits per heavy atom. The molecule has 6 bridgehead atoms. The van der Waals surface area contributed by atoms with Crippen LogP contribution in [0.2, 0.25) is 0 Å². The van der Waals surface area contributed by atoms with Gasteiger partial charge in [-0.2, -0.15) is 4.98 Å². The highest BCUT2D eigenvalue weighted by atomic mass is 32.2. The van der Waals surface area contributed by atoms with Crippen molar-refractivity contribution in [1.29, 1.82) is 0 Å². The van der Waals surface area contributed by atoms with E-state index in [1.165, 1.54) is 11.9 Å². The number of ether oxygens (including phenoxy) is 1. The molecule has 0 radical (unpaired) electrons. The Labute approximate surface area is 237 Å². The Kier molecular flexibility index (Phi) is 7.39. The number of benzene rings is 2. The number of nitrogens with zero attached hydrogens (tertiary/aromatic N) is 4. The largest absolute Gasteiger partial charge is 0.471 e. The van der Waals surface area contributed by atoms with Crippen molar-refractivity contribution >= 4 is 23.8 Å². The zero-order valence-electron chi connectivity index (χ0n) is 22.7. The zero-order valence-corrected chi connectivity index (χ0v) is 23.5. The molecule has 1 aromatic heterocycles. The van der Waals surface area contributed by atoms with Crippen LogP contribution in [-0.2, 0) is 0 Å². The molecule has 10 heteroatoms. The van der Waals surface area contributed by atoms with E-state index in [2.05, 4.69) is 40.6 Å². The first-order valence-electron chi connectivity index (χ1n) is 13.8. The molecular weight excluding hydrogens is 532 g/mol. The first kappa shape index (κ1) is 27.0. The number of fused-ring (bicyclic) bond motifs is 6. The SMILES string of the molecule is Cc1cccc(C)c1-c1cc2nc(n1)NSc1cccc(c1)C(=O)N1CCN(C3CCC(F)(F)CC3)C[C@H](C1)O2. The first-order chi connectivity index (χ1) is 19.2. The van der Waals surface area contributed by atoms with Gasteiger partial charge in [-0.05, 0) is 68.0 Å². The van der Waals surface area contributed by atoms with Crippen molar-refractivity contribution in [2.75, 3.05) is 30.9 Å². The number of carbonyl (C=O) groups is 1. The summed E-state index contributed by atoms with van der Waals surface area (Å²) < 4.78 is 37.7. The fourth-order valence-electron chi connectivity index (χ4n) is 6.01. The molecule has 1 saturated heterocycles. The van der Waals surface area contributed by atoms with Crippen molar-refractivity contribution in [1.82, 2.24) is 19.8 Å². The summed E-state index contributed by atoms with van der Waals surface area (Å²) in [5.74, 6) is -1.84. The second-order valence-corrected chi connectivity index (χ2v) is 11.9. The summed E-state index contributed by atoms with van der Waals surface area (Å²) >= 11 is 1.35. The molecule has 1 atom stereocenters. The van der Waals surface area contributed by atoms with Crippen LogP contribution in [0, 0.1) is 13.8 Å². The predicted octanol–water partition coefficient (Wildman–Crippen LogP) is 5.98. The van der Waals surface area contributed by atoms with Crippen LogP contribution in [0.4, 0.5) is 14.7 Å². The van der Waals surface area contributed by atoms with E-state index in [0.717, 1.165) is 27.3 Å². The monoisotopic (exact) mass is 565 g/mol. The van der Waals surface area contributed by atoms with Crippen molar-refractivity contribution in [2.45, 2.75) is 62.5 Å². The molecule has 2 aliphatic heterocycles. The molecule has 210 valence electrons. The Morgan fingerprint density at radius 3 is 2.52 bits per heavy atom. The van der Waals surface area contributed by atoms with Gasteiger partial charge >= 0.3 is 0 Å². The maximum Gasteiger partial charge on any atom is 0.254 e. The number of carbonyl (C=O) groups excluding carboxylic acids is 1. The maximum atomic E-state index is 13.9. The molecule has 3 heterocycles. The lowest BCUT2D eigenvalue weighted by atomic mass is 9.91. The highest BCUT2D eigenvalue weighted by molar-refractivity contribution is 8.00. The molecule has 2 aromatic carbocycles. The predicted molar refractivity (Wildman–Crippen MR) is 152 cm³/mol. The van der Waals surface area contributed by atoms with Gasteiger partial charge < -0.3 is 9.64 Å². The van der Waals surface area contributed by atoms with Crippen LogP contribution in [-0.4, -0.2) is 69.9 Å². The Morgan fingerprint density at radius 2 is 1.75 bits per heavy atom. The standard InChI is InChI=1S/C30H33F2N5O2S/c1-19-5-3-6-20(2)27(19)25-16-26-34-29(33-25)35-40-24-8-4-7-21(15-24)28(38)37-14-13-36(17-23(18-37)39-26)22-9-11-30(31,32)12-10-22/h3-8,15-16,22-23H,9-14,17-18H2,1-2H3,(H,33,34,35)/t23-/m1/s1. The number of nitrogens with one attached hydrogen (secondary N) is 1. The summed E-state index contributed by atoms with van der Waals surface area (Å²) in [6.07, 6.45) is 0.273. The lowest BCUT2D eigenvalue weighted by Gasteiger charge is -2.37. The molecule has 3 aliphatic rings. The van der Waals surface area contributed by atoms with E-state index in [9.17, 15) is 13.6 Å². The lowest BCUT2D eigenvalue weighted by molar-refractivity contribution is -0.0552. The van der Waals surface area contributed by atoms with E-state index in [1.54, 1.807) is 0 Å². The normalized spacial score (nSPS) is 21.8. The molecule has 7 nitrogen and oxygen atoms in total. The summed E-state index contributed by atoms with van der Waals surface area (Å²) in [7, 11) is 0. The van der Waals surface area contributed by atoms with Crippen LogP contribution in [0.15, 0.2) is 53.4 Å². The van der Waals surface area contributed by atoms with Crippen molar-refractivity contribution in [3.8, 4) is 17.1 Å². The second-order valence-electron chi connectivity index (χ2n) is 11.0. The Balaban J connectivity index is 1.38. The molecule has 3 aromatic rings. The zero-order chi connectivity index (χ0) is 27.9. The number of alkyl halides is 2. The molecular formula is C30H33F2N5O2S. The number of aryl methyl sites for hydroxylation is 2. The smallest absolute Gasteiger partial charge is 0.254 e. The fraction of sp³-hybridized carbons (Fsp3) is 0.433. The molecule has 1 saturated carbocycles. The average molecular weight is 566 g/mol. The highest BCUT2D eigenvalue weighted by Gasteiger charge is 2.39. The van der Waals surface area contributed by atoms with Gasteiger partial charge in [-0.3, -0.25) is 14.4 Å². The molecule has 1 amide bonds. The van der Waals surface area contributed by atoms with E-state index >= 15 is 0 Å². The van der Waals surface area contributed by atoms with Crippen LogP contribution >= 0.6 is 11.9 Å². The molecule has 2 fully saturated rings. The number of amides is 1. The third-order valence-corrected chi connectivity index (χ3v) is 8.85. The van der Waals surface area contributed by atoms with Crippen molar-refractivity contribution in [3.63, 3.8) is 0 Å². The first-order valence-corrected chi connectivity index (χ1v) is 14.6. The third-order valence-electron chi connectivity index (χ3n) is 8.08. The summed E-state index contributed by atoms with van der Waals surface area (Å²) in [5.41, 5.74) is 4.57. The van der Waals surface area contributed by atoms with Crippen molar-refractivity contribution in [2.24, 2.45) is 0 Å². The van der Waals surface area contributed by atoms with Gasteiger partial charge in [0, 0.05) is 60.6 Å². The minimum Gasteiger partial charge on any atom is -0.471 e. The van der Waals surface area contributed by atoms with Gasteiger partial charge in [0.2, 0.25) is 17.8 Å². The minimum atomic E-state index is -2.59. The quantitative estimate of drug-likeness (QED) is 0.384. The molecule has 0 unspecified atom stereocenters. The van der Waals surface area contributed by atoms with Gasteiger partial charge in [-0.15, -0.1) is 0 Å². The number of aromatic nitrogens is 2. The van der Waals surface area contributed by atoms with Crippen LogP contribution in [0.5, 0.6) is 5.88 Å². The number of halogens is 2. The van der Waals surface area contributed by atoms with Crippen LogP contribution in [0.25, 0.3) is 11.3 Å². The van der Waals surface area contributed by atoms with Crippen molar-refractivity contribution in [3.05, 3.63) is 65.2 Å². The fourth-order valence-corrected chi connectivity index (χ4v) is 6.64. The Bertz CT molecular complexity index is 1390. The molecule has 6 rings (SSSR count). The number of hydrogen-bond donors (Lipinski definition) is 1. The van der Waals surface area contributed by atoms with Gasteiger partial charge in [-0.25, -0.2) is 13.8 Å². The summed E-state index contributed by atoms with van der Waals surface area (Å²) in [5, 5.41) is 0. The van der Waals surface area contributed by atoms with Crippen LogP contribution < -0.4 is 9.46 Å². The van der Waals surface area contributed by atoms with Gasteiger partial charge in [0.05, 0.1) is 12.2 Å². The lowest BCUT2D eigenvalue weighted by Crippen LogP contribution is -2.45.